The maximum Gasteiger partial charge on any atom is 0.234 e. The molecule has 2 heterocycles. The van der Waals surface area contributed by atoms with Gasteiger partial charge in [0.2, 0.25) is 5.88 Å². The molecule has 100 valence electrons. The summed E-state index contributed by atoms with van der Waals surface area (Å²) in [5, 5.41) is 17.3. The van der Waals surface area contributed by atoms with Crippen molar-refractivity contribution < 1.29 is 9.84 Å². The van der Waals surface area contributed by atoms with Crippen molar-refractivity contribution in [2.75, 3.05) is 7.11 Å². The third-order valence-electron chi connectivity index (χ3n) is 2.91. The van der Waals surface area contributed by atoms with E-state index < -0.39 is 0 Å². The number of hydrogen-bond acceptors (Lipinski definition) is 5. The molecular formula is C14H12N4O2. The van der Waals surface area contributed by atoms with Crippen molar-refractivity contribution in [3.8, 4) is 28.6 Å². The second-order valence-electron chi connectivity index (χ2n) is 4.10. The fraction of sp³-hybridized carbons (Fsp3) is 0.0714. The molecule has 0 saturated carbocycles. The van der Waals surface area contributed by atoms with E-state index in [1.807, 2.05) is 30.3 Å². The van der Waals surface area contributed by atoms with E-state index in [1.54, 1.807) is 19.4 Å². The Balaban J connectivity index is 2.12. The zero-order chi connectivity index (χ0) is 13.9. The van der Waals surface area contributed by atoms with Crippen LogP contribution in [0.3, 0.4) is 0 Å². The van der Waals surface area contributed by atoms with Gasteiger partial charge in [0.05, 0.1) is 18.5 Å². The second kappa shape index (κ2) is 5.00. The van der Waals surface area contributed by atoms with Gasteiger partial charge in [0.15, 0.2) is 0 Å². The molecule has 0 aliphatic rings. The van der Waals surface area contributed by atoms with E-state index in [9.17, 15) is 5.11 Å². The normalized spacial score (nSPS) is 10.4. The van der Waals surface area contributed by atoms with Gasteiger partial charge < -0.3 is 9.84 Å². The van der Waals surface area contributed by atoms with Crippen LogP contribution in [0.1, 0.15) is 0 Å². The number of ether oxygens (including phenoxy) is 1. The van der Waals surface area contributed by atoms with Crippen LogP contribution in [0.5, 0.6) is 11.6 Å². The molecule has 6 heteroatoms. The van der Waals surface area contributed by atoms with Crippen molar-refractivity contribution in [2.45, 2.75) is 0 Å². The summed E-state index contributed by atoms with van der Waals surface area (Å²) in [6.45, 7) is 0. The molecule has 1 N–H and O–H groups in total. The zero-order valence-electron chi connectivity index (χ0n) is 10.8. The minimum atomic E-state index is -0.0345. The van der Waals surface area contributed by atoms with Gasteiger partial charge in [-0.1, -0.05) is 5.21 Å². The van der Waals surface area contributed by atoms with Crippen molar-refractivity contribution in [3.05, 3.63) is 48.8 Å². The van der Waals surface area contributed by atoms with Crippen LogP contribution in [0.2, 0.25) is 0 Å². The molecule has 0 saturated heterocycles. The average Bonchev–Trinajstić information content (AvgIpc) is 2.93. The van der Waals surface area contributed by atoms with E-state index in [0.717, 1.165) is 11.3 Å². The molecule has 0 radical (unpaired) electrons. The molecule has 0 fully saturated rings. The fourth-order valence-electron chi connectivity index (χ4n) is 1.94. The van der Waals surface area contributed by atoms with Crippen LogP contribution in [-0.4, -0.2) is 32.2 Å². The van der Waals surface area contributed by atoms with Gasteiger partial charge in [-0.05, 0) is 36.4 Å². The number of methoxy groups -OCH3 is 1. The fourth-order valence-corrected chi connectivity index (χ4v) is 1.94. The summed E-state index contributed by atoms with van der Waals surface area (Å²) in [5.41, 5.74) is 2.26. The van der Waals surface area contributed by atoms with Gasteiger partial charge in [-0.3, -0.25) is 4.98 Å². The van der Waals surface area contributed by atoms with Crippen LogP contribution < -0.4 is 4.74 Å². The smallest absolute Gasteiger partial charge is 0.234 e. The summed E-state index contributed by atoms with van der Waals surface area (Å²) in [6, 6.07) is 11.1. The Labute approximate surface area is 115 Å². The van der Waals surface area contributed by atoms with E-state index in [1.165, 1.54) is 10.9 Å². The highest BCUT2D eigenvalue weighted by atomic mass is 16.5. The number of pyridine rings is 1. The van der Waals surface area contributed by atoms with Gasteiger partial charge in [0.25, 0.3) is 0 Å². The highest BCUT2D eigenvalue weighted by Crippen LogP contribution is 2.27. The lowest BCUT2D eigenvalue weighted by Gasteiger charge is -2.09. The Morgan fingerprint density at radius 2 is 1.95 bits per heavy atom. The zero-order valence-corrected chi connectivity index (χ0v) is 10.8. The number of nitrogens with zero attached hydrogens (tertiary/aromatic N) is 4. The SMILES string of the molecule is COc1ccc(-c2ncccc2-n2nncc2O)cc1. The summed E-state index contributed by atoms with van der Waals surface area (Å²) in [7, 11) is 1.62. The van der Waals surface area contributed by atoms with Crippen LogP contribution >= 0.6 is 0 Å². The van der Waals surface area contributed by atoms with Crippen molar-refractivity contribution in [1.29, 1.82) is 0 Å². The Morgan fingerprint density at radius 3 is 2.60 bits per heavy atom. The minimum absolute atomic E-state index is 0.0345. The maximum atomic E-state index is 9.75. The lowest BCUT2D eigenvalue weighted by atomic mass is 10.1. The van der Waals surface area contributed by atoms with Gasteiger partial charge in [-0.25, -0.2) is 0 Å². The predicted molar refractivity (Wildman–Crippen MR) is 72.8 cm³/mol. The first-order valence-electron chi connectivity index (χ1n) is 5.99. The summed E-state index contributed by atoms with van der Waals surface area (Å²) in [6.07, 6.45) is 2.97. The van der Waals surface area contributed by atoms with Crippen molar-refractivity contribution in [2.24, 2.45) is 0 Å². The monoisotopic (exact) mass is 268 g/mol. The average molecular weight is 268 g/mol. The standard InChI is InChI=1S/C14H12N4O2/c1-20-11-6-4-10(5-7-11)14-12(3-2-8-15-14)18-13(19)9-16-17-18/h2-9,19H,1H3. The minimum Gasteiger partial charge on any atom is -0.497 e. The summed E-state index contributed by atoms with van der Waals surface area (Å²) in [5.74, 6) is 0.739. The lowest BCUT2D eigenvalue weighted by molar-refractivity contribution is 0.415. The molecule has 0 bridgehead atoms. The molecule has 0 amide bonds. The van der Waals surface area contributed by atoms with E-state index in [2.05, 4.69) is 15.3 Å². The number of rotatable bonds is 3. The first kappa shape index (κ1) is 12.2. The maximum absolute atomic E-state index is 9.75. The first-order valence-corrected chi connectivity index (χ1v) is 5.99. The van der Waals surface area contributed by atoms with E-state index >= 15 is 0 Å². The molecule has 0 aliphatic heterocycles. The number of hydrogen-bond donors (Lipinski definition) is 1. The molecule has 3 aromatic rings. The first-order chi connectivity index (χ1) is 9.79. The summed E-state index contributed by atoms with van der Waals surface area (Å²) in [4.78, 5) is 4.36. The van der Waals surface area contributed by atoms with Crippen LogP contribution in [0, 0.1) is 0 Å². The lowest BCUT2D eigenvalue weighted by Crippen LogP contribution is -2.00. The predicted octanol–water partition coefficient (Wildman–Crippen LogP) is 2.04. The van der Waals surface area contributed by atoms with Crippen molar-refractivity contribution in [1.82, 2.24) is 20.0 Å². The third-order valence-corrected chi connectivity index (χ3v) is 2.91. The molecule has 3 rings (SSSR count). The van der Waals surface area contributed by atoms with E-state index in [-0.39, 0.29) is 5.88 Å². The number of benzene rings is 1. The van der Waals surface area contributed by atoms with Gasteiger partial charge in [0, 0.05) is 11.8 Å². The Morgan fingerprint density at radius 1 is 1.15 bits per heavy atom. The summed E-state index contributed by atoms with van der Waals surface area (Å²) < 4.78 is 6.48. The van der Waals surface area contributed by atoms with E-state index in [4.69, 9.17) is 4.74 Å². The van der Waals surface area contributed by atoms with Gasteiger partial charge >= 0.3 is 0 Å². The molecule has 0 aliphatic carbocycles. The quantitative estimate of drug-likeness (QED) is 0.787. The van der Waals surface area contributed by atoms with Crippen LogP contribution in [0.25, 0.3) is 16.9 Å². The largest absolute Gasteiger partial charge is 0.497 e. The Bertz CT molecular complexity index is 722. The second-order valence-corrected chi connectivity index (χ2v) is 4.10. The van der Waals surface area contributed by atoms with E-state index in [0.29, 0.717) is 11.4 Å². The Kier molecular flexibility index (Phi) is 3.04. The number of aromatic nitrogens is 4. The van der Waals surface area contributed by atoms with Crippen LogP contribution in [-0.2, 0) is 0 Å². The molecule has 20 heavy (non-hydrogen) atoms. The molecule has 1 aromatic carbocycles. The van der Waals surface area contributed by atoms with Gasteiger partial charge in [0.1, 0.15) is 11.9 Å². The van der Waals surface area contributed by atoms with Crippen molar-refractivity contribution in [3.63, 3.8) is 0 Å². The third kappa shape index (κ3) is 2.07. The molecule has 2 aromatic heterocycles. The highest BCUT2D eigenvalue weighted by molar-refractivity contribution is 5.69. The van der Waals surface area contributed by atoms with Crippen molar-refractivity contribution >= 4 is 0 Å². The van der Waals surface area contributed by atoms with Gasteiger partial charge in [-0.15, -0.1) is 5.10 Å². The van der Waals surface area contributed by atoms with Crippen LogP contribution in [0.4, 0.5) is 0 Å². The highest BCUT2D eigenvalue weighted by Gasteiger charge is 2.12. The summed E-state index contributed by atoms with van der Waals surface area (Å²) >= 11 is 0. The Hall–Kier alpha value is -2.89. The topological polar surface area (TPSA) is 73.1 Å². The molecule has 0 atom stereocenters. The molecule has 6 nitrogen and oxygen atoms in total. The van der Waals surface area contributed by atoms with Crippen LogP contribution in [0.15, 0.2) is 48.8 Å². The van der Waals surface area contributed by atoms with Gasteiger partial charge in [-0.2, -0.15) is 4.68 Å². The molecule has 0 spiro atoms. The molecule has 0 unspecified atom stereocenters. The molecular weight excluding hydrogens is 256 g/mol. The number of aromatic hydroxyl groups is 1.